The second-order valence-electron chi connectivity index (χ2n) is 3.78. The highest BCUT2D eigenvalue weighted by Gasteiger charge is 2.29. The van der Waals surface area contributed by atoms with Crippen molar-refractivity contribution >= 4 is 11.5 Å². The largest absolute Gasteiger partial charge is 0.378 e. The van der Waals surface area contributed by atoms with Gasteiger partial charge in [-0.2, -0.15) is 4.37 Å². The summed E-state index contributed by atoms with van der Waals surface area (Å²) >= 11 is 1.10. The van der Waals surface area contributed by atoms with Crippen LogP contribution in [0.5, 0.6) is 0 Å². The average molecular weight is 238 g/mol. The van der Waals surface area contributed by atoms with Crippen molar-refractivity contribution in [3.05, 3.63) is 46.5 Å². The van der Waals surface area contributed by atoms with Crippen molar-refractivity contribution in [1.29, 1.82) is 0 Å². The van der Waals surface area contributed by atoms with E-state index in [1.165, 1.54) is 12.4 Å². The lowest BCUT2D eigenvalue weighted by molar-refractivity contribution is 0.101. The number of benzene rings is 1. The number of aryl methyl sites for hydroxylation is 1. The smallest absolute Gasteiger partial charge is 0.149 e. The summed E-state index contributed by atoms with van der Waals surface area (Å²) in [5.74, 6) is -0.331. The van der Waals surface area contributed by atoms with Gasteiger partial charge in [0.2, 0.25) is 0 Å². The zero-order valence-corrected chi connectivity index (χ0v) is 9.75. The van der Waals surface area contributed by atoms with E-state index in [0.717, 1.165) is 11.5 Å². The fraction of sp³-hybridized carbons (Fsp3) is 0.273. The fourth-order valence-electron chi connectivity index (χ4n) is 1.41. The Kier molecular flexibility index (Phi) is 2.73. The first-order valence-corrected chi connectivity index (χ1v) is 5.55. The van der Waals surface area contributed by atoms with Gasteiger partial charge in [0.05, 0.1) is 0 Å². The van der Waals surface area contributed by atoms with Crippen molar-refractivity contribution < 1.29 is 9.50 Å². The molecular formula is C11H11FN2OS. The maximum Gasteiger partial charge on any atom is 0.149 e. The van der Waals surface area contributed by atoms with Crippen LogP contribution in [0.4, 0.5) is 4.39 Å². The molecule has 84 valence electrons. The first kappa shape index (κ1) is 11.2. The maximum absolute atomic E-state index is 13.4. The standard InChI is InChI=1S/C11H11FN2OS/c1-7-3-4-8(5-9(7)12)11(2,15)10-13-6-14-16-10/h3-6,15H,1-2H3. The number of halogens is 1. The minimum Gasteiger partial charge on any atom is -0.378 e. The van der Waals surface area contributed by atoms with Gasteiger partial charge in [0.1, 0.15) is 22.8 Å². The van der Waals surface area contributed by atoms with Crippen molar-refractivity contribution in [2.45, 2.75) is 19.4 Å². The summed E-state index contributed by atoms with van der Waals surface area (Å²) < 4.78 is 17.2. The van der Waals surface area contributed by atoms with Crippen LogP contribution in [-0.2, 0) is 5.60 Å². The second-order valence-corrected chi connectivity index (χ2v) is 4.56. The molecule has 0 amide bonds. The predicted molar refractivity (Wildman–Crippen MR) is 59.7 cm³/mol. The predicted octanol–water partition coefficient (Wildman–Crippen LogP) is 2.24. The van der Waals surface area contributed by atoms with Gasteiger partial charge in [0, 0.05) is 0 Å². The molecule has 1 aromatic heterocycles. The van der Waals surface area contributed by atoms with E-state index in [1.54, 1.807) is 26.0 Å². The molecule has 1 atom stereocenters. The van der Waals surface area contributed by atoms with E-state index < -0.39 is 5.60 Å². The summed E-state index contributed by atoms with van der Waals surface area (Å²) in [7, 11) is 0. The molecule has 0 saturated carbocycles. The van der Waals surface area contributed by atoms with Crippen molar-refractivity contribution in [2.24, 2.45) is 0 Å². The number of hydrogen-bond donors (Lipinski definition) is 1. The van der Waals surface area contributed by atoms with Gasteiger partial charge < -0.3 is 5.11 Å². The van der Waals surface area contributed by atoms with Crippen molar-refractivity contribution in [2.75, 3.05) is 0 Å². The molecule has 0 fully saturated rings. The van der Waals surface area contributed by atoms with Crippen LogP contribution >= 0.6 is 11.5 Å². The highest BCUT2D eigenvalue weighted by Crippen LogP contribution is 2.30. The molecule has 0 radical (unpaired) electrons. The van der Waals surface area contributed by atoms with E-state index in [1.807, 2.05) is 0 Å². The topological polar surface area (TPSA) is 46.0 Å². The van der Waals surface area contributed by atoms with Gasteiger partial charge in [-0.25, -0.2) is 9.37 Å². The summed E-state index contributed by atoms with van der Waals surface area (Å²) in [6.45, 7) is 3.26. The van der Waals surface area contributed by atoms with E-state index in [9.17, 15) is 9.50 Å². The molecule has 16 heavy (non-hydrogen) atoms. The third kappa shape index (κ3) is 1.83. The Labute approximate surface area is 96.8 Å². The summed E-state index contributed by atoms with van der Waals surface area (Å²) in [5, 5.41) is 10.8. The minimum atomic E-state index is -1.30. The quantitative estimate of drug-likeness (QED) is 0.872. The van der Waals surface area contributed by atoms with Gasteiger partial charge in [0.25, 0.3) is 0 Å². The summed E-state index contributed by atoms with van der Waals surface area (Å²) in [6, 6.07) is 4.66. The van der Waals surface area contributed by atoms with Crippen LogP contribution in [0.25, 0.3) is 0 Å². The molecule has 1 aromatic carbocycles. The van der Waals surface area contributed by atoms with Crippen LogP contribution in [0, 0.1) is 12.7 Å². The Bertz CT molecular complexity index is 497. The SMILES string of the molecule is Cc1ccc(C(C)(O)c2ncns2)cc1F. The number of rotatable bonds is 2. The van der Waals surface area contributed by atoms with Gasteiger partial charge in [-0.15, -0.1) is 0 Å². The highest BCUT2D eigenvalue weighted by atomic mass is 32.1. The zero-order valence-electron chi connectivity index (χ0n) is 8.94. The first-order chi connectivity index (χ1) is 7.51. The third-order valence-electron chi connectivity index (χ3n) is 2.51. The van der Waals surface area contributed by atoms with Gasteiger partial charge in [-0.1, -0.05) is 12.1 Å². The molecule has 0 saturated heterocycles. The van der Waals surface area contributed by atoms with E-state index in [0.29, 0.717) is 16.1 Å². The zero-order chi connectivity index (χ0) is 11.8. The monoisotopic (exact) mass is 238 g/mol. The molecule has 2 aromatic rings. The second kappa shape index (κ2) is 3.92. The van der Waals surface area contributed by atoms with Gasteiger partial charge in [-0.05, 0) is 42.6 Å². The summed E-state index contributed by atoms with van der Waals surface area (Å²) in [4.78, 5) is 3.95. The fourth-order valence-corrected chi connectivity index (χ4v) is 1.99. The van der Waals surface area contributed by atoms with Gasteiger partial charge >= 0.3 is 0 Å². The van der Waals surface area contributed by atoms with Crippen LogP contribution < -0.4 is 0 Å². The van der Waals surface area contributed by atoms with Crippen LogP contribution in [0.1, 0.15) is 23.1 Å². The number of hydrogen-bond acceptors (Lipinski definition) is 4. The van der Waals surface area contributed by atoms with Crippen LogP contribution in [0.3, 0.4) is 0 Å². The lowest BCUT2D eigenvalue weighted by Crippen LogP contribution is -2.22. The Morgan fingerprint density at radius 2 is 2.19 bits per heavy atom. The Morgan fingerprint density at radius 3 is 2.75 bits per heavy atom. The summed E-state index contributed by atoms with van der Waals surface area (Å²) in [6.07, 6.45) is 1.37. The molecule has 2 rings (SSSR count). The summed E-state index contributed by atoms with van der Waals surface area (Å²) in [5.41, 5.74) is -0.264. The van der Waals surface area contributed by atoms with E-state index in [4.69, 9.17) is 0 Å². The number of aromatic nitrogens is 2. The van der Waals surface area contributed by atoms with Crippen LogP contribution in [-0.4, -0.2) is 14.5 Å². The lowest BCUT2D eigenvalue weighted by atomic mass is 9.95. The molecule has 0 aliphatic rings. The molecule has 0 aliphatic carbocycles. The minimum absolute atomic E-state index is 0.331. The highest BCUT2D eigenvalue weighted by molar-refractivity contribution is 7.05. The Hall–Kier alpha value is -1.33. The first-order valence-electron chi connectivity index (χ1n) is 4.78. The molecule has 1 N–H and O–H groups in total. The molecule has 0 aliphatic heterocycles. The molecule has 1 unspecified atom stereocenters. The Morgan fingerprint density at radius 1 is 1.44 bits per heavy atom. The lowest BCUT2D eigenvalue weighted by Gasteiger charge is -2.20. The van der Waals surface area contributed by atoms with E-state index in [2.05, 4.69) is 9.36 Å². The molecular weight excluding hydrogens is 227 g/mol. The van der Waals surface area contributed by atoms with Crippen LogP contribution in [0.15, 0.2) is 24.5 Å². The molecule has 0 bridgehead atoms. The molecule has 0 spiro atoms. The third-order valence-corrected chi connectivity index (χ3v) is 3.39. The maximum atomic E-state index is 13.4. The van der Waals surface area contributed by atoms with Gasteiger partial charge in [0.15, 0.2) is 0 Å². The number of nitrogens with zero attached hydrogens (tertiary/aromatic N) is 2. The Balaban J connectivity index is 2.47. The average Bonchev–Trinajstić information content (AvgIpc) is 2.75. The molecule has 5 heteroatoms. The van der Waals surface area contributed by atoms with Crippen LogP contribution in [0.2, 0.25) is 0 Å². The normalized spacial score (nSPS) is 14.8. The van der Waals surface area contributed by atoms with Crippen molar-refractivity contribution in [3.63, 3.8) is 0 Å². The van der Waals surface area contributed by atoms with E-state index >= 15 is 0 Å². The molecule has 1 heterocycles. The van der Waals surface area contributed by atoms with E-state index in [-0.39, 0.29) is 5.82 Å². The number of aliphatic hydroxyl groups is 1. The van der Waals surface area contributed by atoms with Crippen molar-refractivity contribution in [3.8, 4) is 0 Å². The van der Waals surface area contributed by atoms with Crippen molar-refractivity contribution in [1.82, 2.24) is 9.36 Å². The molecule has 3 nitrogen and oxygen atoms in total. The van der Waals surface area contributed by atoms with Gasteiger partial charge in [-0.3, -0.25) is 0 Å².